The molecule has 1 N–H and O–H groups in total. The second-order valence-electron chi connectivity index (χ2n) is 3.13. The first-order valence-corrected chi connectivity index (χ1v) is 5.21. The molecule has 0 saturated carbocycles. The smallest absolute Gasteiger partial charge is 0.183 e. The minimum absolute atomic E-state index is 0.400. The predicted octanol–water partition coefficient (Wildman–Crippen LogP) is 1.58. The lowest BCUT2D eigenvalue weighted by Gasteiger charge is -2.21. The number of furan rings is 1. The van der Waals surface area contributed by atoms with Crippen molar-refractivity contribution in [2.24, 2.45) is 0 Å². The standard InChI is InChI=1S/C11H18O4/c1-3-13-11(14-4-2)10(12)8-9-6-5-7-15-9/h5-7,10-12H,3-4,8H2,1-2H3. The highest BCUT2D eigenvalue weighted by molar-refractivity contribution is 4.99. The van der Waals surface area contributed by atoms with Gasteiger partial charge in [0.25, 0.3) is 0 Å². The van der Waals surface area contributed by atoms with Crippen molar-refractivity contribution in [2.45, 2.75) is 32.7 Å². The van der Waals surface area contributed by atoms with Crippen LogP contribution < -0.4 is 0 Å². The van der Waals surface area contributed by atoms with E-state index in [4.69, 9.17) is 13.9 Å². The predicted molar refractivity (Wildman–Crippen MR) is 55.5 cm³/mol. The summed E-state index contributed by atoms with van der Waals surface area (Å²) in [5.74, 6) is 0.729. The minimum Gasteiger partial charge on any atom is -0.469 e. The fourth-order valence-electron chi connectivity index (χ4n) is 1.33. The molecule has 1 aromatic heterocycles. The zero-order valence-electron chi connectivity index (χ0n) is 9.18. The molecule has 4 heteroatoms. The van der Waals surface area contributed by atoms with Crippen LogP contribution >= 0.6 is 0 Å². The van der Waals surface area contributed by atoms with E-state index in [1.54, 1.807) is 12.3 Å². The van der Waals surface area contributed by atoms with Crippen LogP contribution in [-0.2, 0) is 15.9 Å². The number of ether oxygens (including phenoxy) is 2. The van der Waals surface area contributed by atoms with Crippen LogP contribution in [0.25, 0.3) is 0 Å². The van der Waals surface area contributed by atoms with Crippen LogP contribution in [0, 0.1) is 0 Å². The first-order chi connectivity index (χ1) is 7.27. The minimum atomic E-state index is -0.698. The average Bonchev–Trinajstić information content (AvgIpc) is 2.70. The van der Waals surface area contributed by atoms with Crippen LogP contribution in [-0.4, -0.2) is 30.7 Å². The van der Waals surface area contributed by atoms with Gasteiger partial charge in [0, 0.05) is 19.6 Å². The van der Waals surface area contributed by atoms with Crippen molar-refractivity contribution in [3.63, 3.8) is 0 Å². The molecule has 1 unspecified atom stereocenters. The lowest BCUT2D eigenvalue weighted by atomic mass is 10.2. The van der Waals surface area contributed by atoms with Gasteiger partial charge in [-0.05, 0) is 26.0 Å². The molecule has 0 bridgehead atoms. The van der Waals surface area contributed by atoms with Gasteiger partial charge < -0.3 is 19.0 Å². The van der Waals surface area contributed by atoms with Crippen molar-refractivity contribution in [3.05, 3.63) is 24.2 Å². The molecular formula is C11H18O4. The summed E-state index contributed by atoms with van der Waals surface area (Å²) in [5, 5.41) is 9.83. The number of aliphatic hydroxyl groups excluding tert-OH is 1. The monoisotopic (exact) mass is 214 g/mol. The molecule has 0 aliphatic carbocycles. The molecule has 0 aliphatic rings. The zero-order chi connectivity index (χ0) is 11.1. The Kier molecular flexibility index (Phi) is 5.39. The quantitative estimate of drug-likeness (QED) is 0.700. The maximum atomic E-state index is 9.83. The summed E-state index contributed by atoms with van der Waals surface area (Å²) in [5.41, 5.74) is 0. The third-order valence-corrected chi connectivity index (χ3v) is 1.97. The molecule has 1 aromatic rings. The van der Waals surface area contributed by atoms with Gasteiger partial charge in [0.15, 0.2) is 6.29 Å². The summed E-state index contributed by atoms with van der Waals surface area (Å²) in [6.45, 7) is 4.76. The average molecular weight is 214 g/mol. The molecule has 0 aliphatic heterocycles. The largest absolute Gasteiger partial charge is 0.469 e. The molecule has 1 heterocycles. The van der Waals surface area contributed by atoms with Crippen molar-refractivity contribution < 1.29 is 19.0 Å². The highest BCUT2D eigenvalue weighted by Gasteiger charge is 2.20. The Morgan fingerprint density at radius 3 is 2.47 bits per heavy atom. The van der Waals surface area contributed by atoms with E-state index in [9.17, 15) is 5.11 Å². The Morgan fingerprint density at radius 2 is 2.00 bits per heavy atom. The van der Waals surface area contributed by atoms with Gasteiger partial charge in [-0.25, -0.2) is 0 Å². The van der Waals surface area contributed by atoms with Crippen LogP contribution in [0.5, 0.6) is 0 Å². The highest BCUT2D eigenvalue weighted by Crippen LogP contribution is 2.10. The second kappa shape index (κ2) is 6.61. The zero-order valence-corrected chi connectivity index (χ0v) is 9.18. The Labute approximate surface area is 89.8 Å². The van der Waals surface area contributed by atoms with E-state index in [0.717, 1.165) is 5.76 Å². The van der Waals surface area contributed by atoms with Crippen LogP contribution in [0.3, 0.4) is 0 Å². The number of hydrogen-bond acceptors (Lipinski definition) is 4. The summed E-state index contributed by atoms with van der Waals surface area (Å²) in [6, 6.07) is 3.61. The molecule has 0 radical (unpaired) electrons. The molecule has 4 nitrogen and oxygen atoms in total. The molecule has 1 rings (SSSR count). The van der Waals surface area contributed by atoms with Crippen molar-refractivity contribution in [1.29, 1.82) is 0 Å². The van der Waals surface area contributed by atoms with Gasteiger partial charge in [0.1, 0.15) is 11.9 Å². The SMILES string of the molecule is CCOC(OCC)C(O)Cc1ccco1. The third-order valence-electron chi connectivity index (χ3n) is 1.97. The first kappa shape index (κ1) is 12.2. The van der Waals surface area contributed by atoms with Crippen LogP contribution in [0.2, 0.25) is 0 Å². The normalized spacial score (nSPS) is 13.3. The number of aliphatic hydroxyl groups is 1. The summed E-state index contributed by atoms with van der Waals surface area (Å²) in [6.07, 6.45) is 0.706. The van der Waals surface area contributed by atoms with Gasteiger partial charge in [0.05, 0.1) is 6.26 Å². The molecule has 0 fully saturated rings. The van der Waals surface area contributed by atoms with E-state index in [-0.39, 0.29) is 0 Å². The Morgan fingerprint density at radius 1 is 1.33 bits per heavy atom. The highest BCUT2D eigenvalue weighted by atomic mass is 16.7. The molecular weight excluding hydrogens is 196 g/mol. The maximum Gasteiger partial charge on any atom is 0.183 e. The summed E-state index contributed by atoms with van der Waals surface area (Å²) < 4.78 is 15.7. The van der Waals surface area contributed by atoms with Crippen LogP contribution in [0.15, 0.2) is 22.8 Å². The van der Waals surface area contributed by atoms with E-state index in [0.29, 0.717) is 19.6 Å². The van der Waals surface area contributed by atoms with E-state index in [1.807, 2.05) is 19.9 Å². The first-order valence-electron chi connectivity index (χ1n) is 5.21. The lowest BCUT2D eigenvalue weighted by Crippen LogP contribution is -2.33. The Balaban J connectivity index is 2.44. The maximum absolute atomic E-state index is 9.83. The summed E-state index contributed by atoms with van der Waals surface area (Å²) in [4.78, 5) is 0. The van der Waals surface area contributed by atoms with Crippen LogP contribution in [0.4, 0.5) is 0 Å². The fourth-order valence-corrected chi connectivity index (χ4v) is 1.33. The van der Waals surface area contributed by atoms with Gasteiger partial charge in [-0.1, -0.05) is 0 Å². The van der Waals surface area contributed by atoms with Crippen molar-refractivity contribution in [2.75, 3.05) is 13.2 Å². The molecule has 0 aromatic carbocycles. The Bertz CT molecular complexity index is 239. The molecule has 0 saturated heterocycles. The van der Waals surface area contributed by atoms with Gasteiger partial charge >= 0.3 is 0 Å². The molecule has 15 heavy (non-hydrogen) atoms. The van der Waals surface area contributed by atoms with Crippen LogP contribution in [0.1, 0.15) is 19.6 Å². The van der Waals surface area contributed by atoms with E-state index in [1.165, 1.54) is 0 Å². The second-order valence-corrected chi connectivity index (χ2v) is 3.13. The van der Waals surface area contributed by atoms with E-state index < -0.39 is 12.4 Å². The number of hydrogen-bond donors (Lipinski definition) is 1. The lowest BCUT2D eigenvalue weighted by molar-refractivity contribution is -0.189. The summed E-state index contributed by atoms with van der Waals surface area (Å²) in [7, 11) is 0. The van der Waals surface area contributed by atoms with Gasteiger partial charge in [-0.3, -0.25) is 0 Å². The molecule has 1 atom stereocenters. The van der Waals surface area contributed by atoms with Crippen molar-refractivity contribution >= 4 is 0 Å². The van der Waals surface area contributed by atoms with Gasteiger partial charge in [-0.15, -0.1) is 0 Å². The van der Waals surface area contributed by atoms with Crippen molar-refractivity contribution in [3.8, 4) is 0 Å². The van der Waals surface area contributed by atoms with Crippen molar-refractivity contribution in [1.82, 2.24) is 0 Å². The molecule has 0 spiro atoms. The third kappa shape index (κ3) is 4.03. The molecule has 0 amide bonds. The van der Waals surface area contributed by atoms with E-state index >= 15 is 0 Å². The fraction of sp³-hybridized carbons (Fsp3) is 0.636. The molecule has 86 valence electrons. The topological polar surface area (TPSA) is 51.8 Å². The van der Waals surface area contributed by atoms with Gasteiger partial charge in [0.2, 0.25) is 0 Å². The Hall–Kier alpha value is -0.840. The van der Waals surface area contributed by atoms with Gasteiger partial charge in [-0.2, -0.15) is 0 Å². The summed E-state index contributed by atoms with van der Waals surface area (Å²) >= 11 is 0. The van der Waals surface area contributed by atoms with E-state index in [2.05, 4.69) is 0 Å². The number of rotatable bonds is 7.